The molecule has 19 heavy (non-hydrogen) atoms. The van der Waals surface area contributed by atoms with E-state index in [1.54, 1.807) is 19.1 Å². The minimum Gasteiger partial charge on any atom is -0.384 e. The molecule has 3 rings (SSSR count). The molecule has 0 aromatic heterocycles. The predicted molar refractivity (Wildman–Crippen MR) is 80.4 cm³/mol. The number of hydrogen-bond acceptors (Lipinski definition) is 5. The zero-order valence-electron chi connectivity index (χ0n) is 12.0. The van der Waals surface area contributed by atoms with Gasteiger partial charge in [0.15, 0.2) is 0 Å². The summed E-state index contributed by atoms with van der Waals surface area (Å²) in [4.78, 5) is 2.59. The van der Waals surface area contributed by atoms with Gasteiger partial charge in [-0.25, -0.2) is 0 Å². The second kappa shape index (κ2) is 6.31. The molecule has 3 fully saturated rings. The highest BCUT2D eigenvalue weighted by atomic mass is 32.2. The molecule has 2 aliphatic carbocycles. The highest BCUT2D eigenvalue weighted by Crippen LogP contribution is 2.48. The first-order chi connectivity index (χ1) is 9.30. The summed E-state index contributed by atoms with van der Waals surface area (Å²) >= 11 is 1.78. The van der Waals surface area contributed by atoms with Crippen LogP contribution in [0.15, 0.2) is 0 Å². The van der Waals surface area contributed by atoms with Gasteiger partial charge >= 0.3 is 0 Å². The van der Waals surface area contributed by atoms with Crippen LogP contribution in [0.5, 0.6) is 0 Å². The van der Waals surface area contributed by atoms with Crippen molar-refractivity contribution in [3.8, 4) is 0 Å². The Bertz CT molecular complexity index is 284. The Hall–Kier alpha value is 0.190. The van der Waals surface area contributed by atoms with Gasteiger partial charge in [-0.15, -0.1) is 0 Å². The summed E-state index contributed by atoms with van der Waals surface area (Å²) in [6, 6.07) is 1.73. The molecule has 4 nitrogen and oxygen atoms in total. The fraction of sp³-hybridized carbons (Fsp3) is 1.00. The first-order valence-corrected chi connectivity index (χ1v) is 8.60. The summed E-state index contributed by atoms with van der Waals surface area (Å²) in [6.07, 6.45) is 5.69. The van der Waals surface area contributed by atoms with Crippen LogP contribution in [-0.2, 0) is 4.74 Å². The van der Waals surface area contributed by atoms with Crippen LogP contribution in [0.2, 0.25) is 0 Å². The number of rotatable bonds is 9. The molecule has 0 unspecified atom stereocenters. The fourth-order valence-electron chi connectivity index (χ4n) is 3.48. The zero-order chi connectivity index (χ0) is 13.1. The molecule has 0 bridgehead atoms. The van der Waals surface area contributed by atoms with Crippen LogP contribution in [-0.4, -0.2) is 62.6 Å². The summed E-state index contributed by atoms with van der Waals surface area (Å²) in [7, 11) is 1.75. The van der Waals surface area contributed by atoms with Crippen LogP contribution in [0, 0.1) is 5.41 Å². The van der Waals surface area contributed by atoms with Gasteiger partial charge in [-0.05, 0) is 31.1 Å². The van der Waals surface area contributed by atoms with E-state index >= 15 is 0 Å². The molecule has 1 saturated heterocycles. The summed E-state index contributed by atoms with van der Waals surface area (Å²) in [5, 5.41) is 3.75. The predicted octanol–water partition coefficient (Wildman–Crippen LogP) is 1.09. The molecule has 1 aliphatic heterocycles. The Morgan fingerprint density at radius 2 is 2.05 bits per heavy atom. The van der Waals surface area contributed by atoms with E-state index in [0.717, 1.165) is 31.0 Å². The maximum Gasteiger partial charge on any atom is 0.0565 e. The lowest BCUT2D eigenvalue weighted by molar-refractivity contribution is -0.0773. The van der Waals surface area contributed by atoms with Crippen molar-refractivity contribution in [2.24, 2.45) is 5.41 Å². The van der Waals surface area contributed by atoms with Crippen molar-refractivity contribution in [1.29, 1.82) is 0 Å². The Morgan fingerprint density at radius 3 is 2.74 bits per heavy atom. The standard InChI is InChI=1S/C14H27N3OS/c1-18-6-7-19-15-4-5-17-10-14(11-17)8-13(9-14)16-12-2-3-12/h12-13,15-16H,2-11H2,1H3. The topological polar surface area (TPSA) is 36.5 Å². The maximum absolute atomic E-state index is 5.02. The molecule has 0 amide bonds. The second-order valence-corrected chi connectivity index (χ2v) is 7.48. The SMILES string of the molecule is COCCSNCCN1CC2(CC(NC3CC3)C2)C1. The average Bonchev–Trinajstić information content (AvgIpc) is 3.10. The van der Waals surface area contributed by atoms with Gasteiger partial charge in [0, 0.05) is 51.1 Å². The highest BCUT2D eigenvalue weighted by Gasteiger charge is 2.52. The molecule has 0 aromatic rings. The fourth-order valence-corrected chi connectivity index (χ4v) is 4.11. The van der Waals surface area contributed by atoms with Gasteiger partial charge < -0.3 is 15.0 Å². The number of hydrogen-bond donors (Lipinski definition) is 2. The number of nitrogens with one attached hydrogen (secondary N) is 2. The molecular formula is C14H27N3OS. The molecule has 2 saturated carbocycles. The minimum absolute atomic E-state index is 0.704. The quantitative estimate of drug-likeness (QED) is 0.490. The molecule has 2 N–H and O–H groups in total. The number of likely N-dealkylation sites (tertiary alicyclic amines) is 1. The van der Waals surface area contributed by atoms with Gasteiger partial charge in [0.1, 0.15) is 0 Å². The molecule has 0 aromatic carbocycles. The number of nitrogens with zero attached hydrogens (tertiary/aromatic N) is 1. The summed E-state index contributed by atoms with van der Waals surface area (Å²) in [6.45, 7) is 5.79. The van der Waals surface area contributed by atoms with Crippen LogP contribution in [0.3, 0.4) is 0 Å². The van der Waals surface area contributed by atoms with Crippen LogP contribution >= 0.6 is 11.9 Å². The van der Waals surface area contributed by atoms with Gasteiger partial charge in [-0.3, -0.25) is 4.72 Å². The van der Waals surface area contributed by atoms with Gasteiger partial charge in [0.25, 0.3) is 0 Å². The molecule has 0 radical (unpaired) electrons. The van der Waals surface area contributed by atoms with Crippen LogP contribution in [0.1, 0.15) is 25.7 Å². The maximum atomic E-state index is 5.02. The molecule has 0 atom stereocenters. The normalized spacial score (nSPS) is 26.4. The first kappa shape index (κ1) is 14.1. The summed E-state index contributed by atoms with van der Waals surface area (Å²) in [5.74, 6) is 1.04. The molecule has 5 heteroatoms. The zero-order valence-corrected chi connectivity index (χ0v) is 12.8. The van der Waals surface area contributed by atoms with E-state index in [1.165, 1.54) is 45.3 Å². The Balaban J connectivity index is 1.18. The van der Waals surface area contributed by atoms with E-state index in [0.29, 0.717) is 5.41 Å². The highest BCUT2D eigenvalue weighted by molar-refractivity contribution is 7.97. The smallest absolute Gasteiger partial charge is 0.0565 e. The third kappa shape index (κ3) is 3.85. The van der Waals surface area contributed by atoms with E-state index < -0.39 is 0 Å². The largest absolute Gasteiger partial charge is 0.384 e. The van der Waals surface area contributed by atoms with Crippen LogP contribution in [0.25, 0.3) is 0 Å². The van der Waals surface area contributed by atoms with E-state index in [9.17, 15) is 0 Å². The molecule has 1 spiro atoms. The van der Waals surface area contributed by atoms with E-state index in [1.807, 2.05) is 0 Å². The van der Waals surface area contributed by atoms with Crippen molar-refractivity contribution < 1.29 is 4.74 Å². The van der Waals surface area contributed by atoms with Gasteiger partial charge in [-0.2, -0.15) is 0 Å². The van der Waals surface area contributed by atoms with Crippen LogP contribution in [0.4, 0.5) is 0 Å². The van der Waals surface area contributed by atoms with Crippen molar-refractivity contribution in [2.45, 2.75) is 37.8 Å². The lowest BCUT2D eigenvalue weighted by Crippen LogP contribution is -2.66. The molecular weight excluding hydrogens is 258 g/mol. The van der Waals surface area contributed by atoms with E-state index in [2.05, 4.69) is 14.9 Å². The van der Waals surface area contributed by atoms with E-state index in [-0.39, 0.29) is 0 Å². The third-order valence-corrected chi connectivity index (χ3v) is 5.33. The van der Waals surface area contributed by atoms with Crippen molar-refractivity contribution in [1.82, 2.24) is 14.9 Å². The molecule has 110 valence electrons. The van der Waals surface area contributed by atoms with Gasteiger partial charge in [0.2, 0.25) is 0 Å². The number of ether oxygens (including phenoxy) is 1. The monoisotopic (exact) mass is 285 g/mol. The van der Waals surface area contributed by atoms with Crippen molar-refractivity contribution in [3.63, 3.8) is 0 Å². The minimum atomic E-state index is 0.704. The Labute approximate surface area is 121 Å². The molecule has 1 heterocycles. The van der Waals surface area contributed by atoms with Crippen LogP contribution < -0.4 is 10.0 Å². The number of methoxy groups -OCH3 is 1. The average molecular weight is 285 g/mol. The van der Waals surface area contributed by atoms with Crippen molar-refractivity contribution in [2.75, 3.05) is 45.6 Å². The lowest BCUT2D eigenvalue weighted by atomic mass is 9.60. The first-order valence-electron chi connectivity index (χ1n) is 7.62. The lowest BCUT2D eigenvalue weighted by Gasteiger charge is -2.59. The van der Waals surface area contributed by atoms with E-state index in [4.69, 9.17) is 4.74 Å². The van der Waals surface area contributed by atoms with Crippen molar-refractivity contribution in [3.05, 3.63) is 0 Å². The Morgan fingerprint density at radius 1 is 1.26 bits per heavy atom. The van der Waals surface area contributed by atoms with Gasteiger partial charge in [0.05, 0.1) is 6.61 Å². The Kier molecular flexibility index (Phi) is 4.70. The second-order valence-electron chi connectivity index (χ2n) is 6.49. The molecule has 3 aliphatic rings. The van der Waals surface area contributed by atoms with Crippen molar-refractivity contribution >= 4 is 11.9 Å². The summed E-state index contributed by atoms with van der Waals surface area (Å²) in [5.41, 5.74) is 0.704. The summed E-state index contributed by atoms with van der Waals surface area (Å²) < 4.78 is 8.42. The van der Waals surface area contributed by atoms with Gasteiger partial charge in [-0.1, -0.05) is 11.9 Å². The third-order valence-electron chi connectivity index (χ3n) is 4.55.